The van der Waals surface area contributed by atoms with Crippen LogP contribution in [0, 0.1) is 0 Å². The van der Waals surface area contributed by atoms with Crippen molar-refractivity contribution in [2.45, 2.75) is 18.4 Å². The maximum absolute atomic E-state index is 2.20. The summed E-state index contributed by atoms with van der Waals surface area (Å²) in [5.41, 5.74) is 0. The maximum atomic E-state index is 2.20. The van der Waals surface area contributed by atoms with Crippen molar-refractivity contribution in [3.63, 3.8) is 0 Å². The summed E-state index contributed by atoms with van der Waals surface area (Å²) in [6, 6.07) is 4.23. The Morgan fingerprint density at radius 2 is 2.40 bits per heavy atom. The van der Waals surface area contributed by atoms with Crippen molar-refractivity contribution < 1.29 is 0 Å². The van der Waals surface area contributed by atoms with Crippen molar-refractivity contribution in [3.05, 3.63) is 18.3 Å². The summed E-state index contributed by atoms with van der Waals surface area (Å²) in [5.74, 6) is 1.22. The Bertz CT molecular complexity index is 193. The molecule has 0 bridgehead atoms. The summed E-state index contributed by atoms with van der Waals surface area (Å²) in [6.45, 7) is 2.20. The van der Waals surface area contributed by atoms with Gasteiger partial charge in [-0.05, 0) is 24.3 Å². The third-order valence-electron chi connectivity index (χ3n) is 1.35. The van der Waals surface area contributed by atoms with Crippen LogP contribution < -0.4 is 0 Å². The molecule has 0 spiro atoms. The van der Waals surface area contributed by atoms with Crippen molar-refractivity contribution in [1.82, 2.24) is 4.57 Å². The van der Waals surface area contributed by atoms with E-state index >= 15 is 0 Å². The first-order valence-corrected chi connectivity index (χ1v) is 4.57. The van der Waals surface area contributed by atoms with E-state index in [0.717, 1.165) is 0 Å². The number of thioether (sulfide) groups is 1. The Kier molecular flexibility index (Phi) is 2.87. The lowest BCUT2D eigenvalue weighted by atomic mass is 10.6. The average Bonchev–Trinajstić information content (AvgIpc) is 2.31. The zero-order valence-electron chi connectivity index (χ0n) is 6.50. The summed E-state index contributed by atoms with van der Waals surface area (Å²) in [5, 5.41) is 1.36. The molecule has 0 N–H and O–H groups in total. The summed E-state index contributed by atoms with van der Waals surface area (Å²) in [6.07, 6.45) is 3.33. The Labute approximate surface area is 66.4 Å². The fraction of sp³-hybridized carbons (Fsp3) is 0.500. The summed E-state index contributed by atoms with van der Waals surface area (Å²) >= 11 is 1.92. The molecule has 0 unspecified atom stereocenters. The molecule has 1 aromatic rings. The second kappa shape index (κ2) is 3.71. The number of aryl methyl sites for hydroxylation is 1. The number of aromatic nitrogens is 1. The van der Waals surface area contributed by atoms with E-state index < -0.39 is 0 Å². The quantitative estimate of drug-likeness (QED) is 0.607. The smallest absolute Gasteiger partial charge is 0.0745 e. The van der Waals surface area contributed by atoms with E-state index in [0.29, 0.717) is 0 Å². The minimum atomic E-state index is 1.22. The number of rotatable bonds is 3. The van der Waals surface area contributed by atoms with E-state index in [2.05, 4.69) is 36.9 Å². The van der Waals surface area contributed by atoms with Crippen LogP contribution in [0.1, 0.15) is 13.3 Å². The van der Waals surface area contributed by atoms with E-state index in [9.17, 15) is 0 Å². The molecular formula is C8H13NS. The zero-order chi connectivity index (χ0) is 7.40. The largest absolute Gasteiger partial charge is 0.346 e. The highest BCUT2D eigenvalue weighted by Gasteiger charge is 1.94. The molecule has 0 radical (unpaired) electrons. The zero-order valence-corrected chi connectivity index (χ0v) is 7.32. The molecule has 1 heterocycles. The fourth-order valence-corrected chi connectivity index (χ4v) is 1.65. The molecule has 0 amide bonds. The predicted molar refractivity (Wildman–Crippen MR) is 46.4 cm³/mol. The van der Waals surface area contributed by atoms with Gasteiger partial charge < -0.3 is 4.57 Å². The first kappa shape index (κ1) is 7.73. The van der Waals surface area contributed by atoms with Crippen LogP contribution in [0.3, 0.4) is 0 Å². The van der Waals surface area contributed by atoms with E-state index in [1.807, 2.05) is 11.8 Å². The molecule has 10 heavy (non-hydrogen) atoms. The van der Waals surface area contributed by atoms with Crippen molar-refractivity contribution in [2.24, 2.45) is 7.05 Å². The molecule has 0 aromatic carbocycles. The van der Waals surface area contributed by atoms with E-state index in [1.165, 1.54) is 17.2 Å². The molecule has 0 aliphatic carbocycles. The molecule has 1 rings (SSSR count). The Hall–Kier alpha value is -0.370. The number of hydrogen-bond acceptors (Lipinski definition) is 1. The van der Waals surface area contributed by atoms with Gasteiger partial charge in [0.1, 0.15) is 0 Å². The Morgan fingerprint density at radius 3 is 2.90 bits per heavy atom. The van der Waals surface area contributed by atoms with Gasteiger partial charge in [-0.1, -0.05) is 6.92 Å². The molecule has 0 fully saturated rings. The summed E-state index contributed by atoms with van der Waals surface area (Å²) < 4.78 is 2.15. The van der Waals surface area contributed by atoms with Gasteiger partial charge in [0.2, 0.25) is 0 Å². The molecule has 1 aromatic heterocycles. The van der Waals surface area contributed by atoms with Crippen molar-refractivity contribution in [2.75, 3.05) is 5.75 Å². The van der Waals surface area contributed by atoms with Crippen molar-refractivity contribution >= 4 is 11.8 Å². The molecule has 2 heteroatoms. The summed E-state index contributed by atoms with van der Waals surface area (Å²) in [4.78, 5) is 0. The first-order valence-electron chi connectivity index (χ1n) is 3.58. The minimum Gasteiger partial charge on any atom is -0.346 e. The minimum absolute atomic E-state index is 1.22. The van der Waals surface area contributed by atoms with Gasteiger partial charge in [0.05, 0.1) is 5.03 Å². The average molecular weight is 155 g/mol. The third kappa shape index (κ3) is 1.81. The Balaban J connectivity index is 2.49. The van der Waals surface area contributed by atoms with Crippen LogP contribution in [0.5, 0.6) is 0 Å². The topological polar surface area (TPSA) is 4.93 Å². The van der Waals surface area contributed by atoms with Crippen LogP contribution in [-0.4, -0.2) is 10.3 Å². The second-order valence-corrected chi connectivity index (χ2v) is 3.42. The second-order valence-electron chi connectivity index (χ2n) is 2.31. The fourth-order valence-electron chi connectivity index (χ4n) is 0.802. The lowest BCUT2D eigenvalue weighted by molar-refractivity contribution is 0.828. The molecule has 0 atom stereocenters. The summed E-state index contributed by atoms with van der Waals surface area (Å²) in [7, 11) is 2.08. The predicted octanol–water partition coefficient (Wildman–Crippen LogP) is 2.53. The Morgan fingerprint density at radius 1 is 1.60 bits per heavy atom. The van der Waals surface area contributed by atoms with Crippen LogP contribution in [0.25, 0.3) is 0 Å². The lowest BCUT2D eigenvalue weighted by Gasteiger charge is -1.99. The van der Waals surface area contributed by atoms with Gasteiger partial charge in [-0.15, -0.1) is 11.8 Å². The van der Waals surface area contributed by atoms with Crippen molar-refractivity contribution in [1.29, 1.82) is 0 Å². The molecule has 1 nitrogen and oxygen atoms in total. The molecule has 56 valence electrons. The van der Waals surface area contributed by atoms with Crippen LogP contribution in [0.4, 0.5) is 0 Å². The van der Waals surface area contributed by atoms with E-state index in [1.54, 1.807) is 0 Å². The number of hydrogen-bond donors (Lipinski definition) is 0. The van der Waals surface area contributed by atoms with Gasteiger partial charge in [0.25, 0.3) is 0 Å². The molecule has 0 saturated heterocycles. The van der Waals surface area contributed by atoms with Gasteiger partial charge in [-0.3, -0.25) is 0 Å². The molecule has 0 aliphatic heterocycles. The van der Waals surface area contributed by atoms with Gasteiger partial charge >= 0.3 is 0 Å². The highest BCUT2D eigenvalue weighted by molar-refractivity contribution is 7.99. The highest BCUT2D eigenvalue weighted by atomic mass is 32.2. The first-order chi connectivity index (χ1) is 4.84. The van der Waals surface area contributed by atoms with Crippen molar-refractivity contribution in [3.8, 4) is 0 Å². The third-order valence-corrected chi connectivity index (χ3v) is 2.68. The monoisotopic (exact) mass is 155 g/mol. The number of nitrogens with zero attached hydrogens (tertiary/aromatic N) is 1. The van der Waals surface area contributed by atoms with Crippen LogP contribution in [0.15, 0.2) is 23.4 Å². The van der Waals surface area contributed by atoms with Gasteiger partial charge in [0.15, 0.2) is 0 Å². The van der Waals surface area contributed by atoms with Crippen LogP contribution in [0.2, 0.25) is 0 Å². The van der Waals surface area contributed by atoms with Gasteiger partial charge in [0, 0.05) is 13.2 Å². The van der Waals surface area contributed by atoms with Crippen LogP contribution >= 0.6 is 11.8 Å². The van der Waals surface area contributed by atoms with E-state index in [4.69, 9.17) is 0 Å². The highest BCUT2D eigenvalue weighted by Crippen LogP contribution is 2.17. The van der Waals surface area contributed by atoms with E-state index in [-0.39, 0.29) is 0 Å². The maximum Gasteiger partial charge on any atom is 0.0745 e. The normalized spacial score (nSPS) is 10.2. The van der Waals surface area contributed by atoms with Gasteiger partial charge in [-0.2, -0.15) is 0 Å². The molecular weight excluding hydrogens is 142 g/mol. The van der Waals surface area contributed by atoms with Crippen LogP contribution in [-0.2, 0) is 7.05 Å². The molecule has 0 saturated carbocycles. The molecule has 0 aliphatic rings. The SMILES string of the molecule is CCCSc1cccn1C. The van der Waals surface area contributed by atoms with Gasteiger partial charge in [-0.25, -0.2) is 0 Å². The lowest BCUT2D eigenvalue weighted by Crippen LogP contribution is -1.86. The standard InChI is InChI=1S/C8H13NS/c1-3-7-10-8-5-4-6-9(8)2/h4-6H,3,7H2,1-2H3.